The normalized spacial score (nSPS) is 26.2. The molecule has 358 valence electrons. The van der Waals surface area contributed by atoms with Crippen molar-refractivity contribution in [3.8, 4) is 12.0 Å². The van der Waals surface area contributed by atoms with Crippen LogP contribution in [0.15, 0.2) is 0 Å². The minimum absolute atomic E-state index is 0.0976. The van der Waals surface area contributed by atoms with Gasteiger partial charge in [-0.15, -0.1) is 41.1 Å². The summed E-state index contributed by atoms with van der Waals surface area (Å²) in [5, 5.41) is 70.8. The number of ether oxygens (including phenoxy) is 2. The van der Waals surface area contributed by atoms with Crippen molar-refractivity contribution in [2.45, 2.75) is 231 Å². The first-order valence-electron chi connectivity index (χ1n) is 23.0. The van der Waals surface area contributed by atoms with Crippen LogP contribution in [-0.2, 0) is 20.8 Å². The van der Waals surface area contributed by atoms with Crippen LogP contribution < -0.4 is 30.7 Å². The van der Waals surface area contributed by atoms with Gasteiger partial charge in [-0.05, 0) is 136 Å². The summed E-state index contributed by atoms with van der Waals surface area (Å²) in [6.45, 7) is 31.6. The molecule has 20 nitrogen and oxygen atoms in total. The predicted molar refractivity (Wildman–Crippen MR) is 240 cm³/mol. The van der Waals surface area contributed by atoms with Gasteiger partial charge in [0.05, 0.1) is 0 Å². The minimum Gasteiger partial charge on any atom is -0.460 e. The lowest BCUT2D eigenvalue weighted by molar-refractivity contribution is -0.297. The first kappa shape index (κ1) is 49.9. The number of hydrogen-bond donors (Lipinski definition) is 4. The van der Waals surface area contributed by atoms with E-state index in [2.05, 4.69) is 31.2 Å². The third-order valence-corrected chi connectivity index (χ3v) is 13.4. The summed E-state index contributed by atoms with van der Waals surface area (Å²) in [6, 6.07) is 0.0585. The Bertz CT molecular complexity index is 1630. The number of piperidine rings is 4. The first-order chi connectivity index (χ1) is 29.2. The predicted octanol–water partition coefficient (Wildman–Crippen LogP) is 6.63. The quantitative estimate of drug-likeness (QED) is 0.154. The lowest BCUT2D eigenvalue weighted by Gasteiger charge is -2.50. The highest BCUT2D eigenvalue weighted by atomic mass is 16.5. The van der Waals surface area contributed by atoms with Gasteiger partial charge in [-0.25, -0.2) is 0 Å². The average Bonchev–Trinajstić information content (AvgIpc) is 3.11. The fourth-order valence-corrected chi connectivity index (χ4v) is 11.4. The largest absolute Gasteiger partial charge is 0.460 e. The number of aromatic nitrogens is 6. The maximum atomic E-state index is 13.1. The number of rotatable bonds is 13. The SMILES string of the molecule is CC1(C)CC(Nc2nc(NCCNc3nc(NC4CC(C)(C)N([O])C(C)(C)C4)nc(OC4CC(C)(C)N([O])C(C)(C)C4)n3)nc(OC3CC(C)(C)N([O])C(C)(C)C3)n2)CC(C)(C)N1[O]. The summed E-state index contributed by atoms with van der Waals surface area (Å²) in [5.41, 5.74) is -5.07. The van der Waals surface area contributed by atoms with Gasteiger partial charge in [0.1, 0.15) is 12.2 Å². The van der Waals surface area contributed by atoms with Crippen LogP contribution in [0.2, 0.25) is 0 Å². The second kappa shape index (κ2) is 17.3. The van der Waals surface area contributed by atoms with Crippen LogP contribution in [0, 0.1) is 0 Å². The van der Waals surface area contributed by atoms with Crippen LogP contribution in [0.5, 0.6) is 12.0 Å². The summed E-state index contributed by atoms with van der Waals surface area (Å²) < 4.78 is 12.9. The van der Waals surface area contributed by atoms with E-state index in [1.807, 2.05) is 111 Å². The molecule has 4 saturated heterocycles. The molecule has 4 radical (unpaired) electrons. The molecule has 0 bridgehead atoms. The summed E-state index contributed by atoms with van der Waals surface area (Å²) in [4.78, 5) is 28.2. The molecular formula is C44H76N14O6. The van der Waals surface area contributed by atoms with Crippen molar-refractivity contribution < 1.29 is 30.3 Å². The molecule has 0 atom stereocenters. The summed E-state index contributed by atoms with van der Waals surface area (Å²) in [6.07, 6.45) is 3.62. The van der Waals surface area contributed by atoms with E-state index in [1.54, 1.807) is 0 Å². The van der Waals surface area contributed by atoms with Gasteiger partial charge in [0.2, 0.25) is 23.8 Å². The van der Waals surface area contributed by atoms with Gasteiger partial charge >= 0.3 is 12.0 Å². The summed E-state index contributed by atoms with van der Waals surface area (Å²) in [5.74, 6) is 1.19. The Kier molecular flexibility index (Phi) is 13.5. The molecular weight excluding hydrogens is 821 g/mol. The van der Waals surface area contributed by atoms with Crippen molar-refractivity contribution in [3.63, 3.8) is 0 Å². The van der Waals surface area contributed by atoms with E-state index in [0.29, 0.717) is 76.4 Å². The highest BCUT2D eigenvalue weighted by Crippen LogP contribution is 2.42. The Morgan fingerprint density at radius 2 is 0.625 bits per heavy atom. The third kappa shape index (κ3) is 11.2. The Morgan fingerprint density at radius 3 is 0.891 bits per heavy atom. The minimum atomic E-state index is -0.657. The molecule has 6 rings (SSSR count). The lowest BCUT2D eigenvalue weighted by atomic mass is 9.79. The van der Waals surface area contributed by atoms with Gasteiger partial charge in [-0.3, -0.25) is 0 Å². The number of nitrogens with zero attached hydrogens (tertiary/aromatic N) is 10. The lowest BCUT2D eigenvalue weighted by Crippen LogP contribution is -2.60. The average molecular weight is 897 g/mol. The molecule has 2 aromatic heterocycles. The monoisotopic (exact) mass is 897 g/mol. The molecule has 4 fully saturated rings. The molecule has 4 aliphatic heterocycles. The van der Waals surface area contributed by atoms with Crippen molar-refractivity contribution in [1.82, 2.24) is 50.2 Å². The number of anilines is 4. The van der Waals surface area contributed by atoms with E-state index >= 15 is 0 Å². The maximum absolute atomic E-state index is 13.1. The second-order valence-electron chi connectivity index (χ2n) is 23.9. The molecule has 0 unspecified atom stereocenters. The molecule has 0 spiro atoms. The van der Waals surface area contributed by atoms with E-state index in [-0.39, 0.29) is 48.2 Å². The van der Waals surface area contributed by atoms with Gasteiger partial charge < -0.3 is 30.7 Å². The molecule has 4 N–H and O–H groups in total. The molecule has 64 heavy (non-hydrogen) atoms. The third-order valence-electron chi connectivity index (χ3n) is 13.4. The molecule has 6 heterocycles. The van der Waals surface area contributed by atoms with Gasteiger partial charge in [0, 0.05) is 95.2 Å². The van der Waals surface area contributed by atoms with Crippen molar-refractivity contribution in [2.24, 2.45) is 0 Å². The van der Waals surface area contributed by atoms with Gasteiger partial charge in [0.25, 0.3) is 0 Å². The zero-order chi connectivity index (χ0) is 47.6. The van der Waals surface area contributed by atoms with Crippen LogP contribution in [-0.4, -0.2) is 132 Å². The molecule has 20 heteroatoms. The van der Waals surface area contributed by atoms with E-state index in [0.717, 1.165) is 10.1 Å². The number of hydroxylamine groups is 8. The fourth-order valence-electron chi connectivity index (χ4n) is 11.4. The van der Waals surface area contributed by atoms with Crippen LogP contribution >= 0.6 is 0 Å². The van der Waals surface area contributed by atoms with E-state index in [9.17, 15) is 20.8 Å². The van der Waals surface area contributed by atoms with Crippen molar-refractivity contribution >= 4 is 23.8 Å². The molecule has 4 aliphatic rings. The van der Waals surface area contributed by atoms with Crippen LogP contribution in [0.4, 0.5) is 23.8 Å². The zero-order valence-electron chi connectivity index (χ0n) is 41.3. The number of hydrogen-bond acceptors (Lipinski definition) is 16. The van der Waals surface area contributed by atoms with Crippen LogP contribution in [0.25, 0.3) is 0 Å². The van der Waals surface area contributed by atoms with Crippen LogP contribution in [0.3, 0.4) is 0 Å². The molecule has 0 aliphatic carbocycles. The maximum Gasteiger partial charge on any atom is 0.323 e. The Morgan fingerprint density at radius 1 is 0.391 bits per heavy atom. The second-order valence-corrected chi connectivity index (χ2v) is 23.9. The summed E-state index contributed by atoms with van der Waals surface area (Å²) >= 11 is 0. The standard InChI is InChI=1S/C44H76N14O6/c1-37(2)19-27(20-38(3,4)55(37)59)47-33-49-31(51-35(53-33)63-29-23-41(9,10)57(61)42(11,12)24-29)45-17-18-46-32-50-34(48-28-21-39(5,6)56(60)40(7,8)22-28)54-36(52-32)64-30-25-43(13,14)58(62)44(15,16)26-30/h27-30H,17-26H2,1-16H3,(H2,45,47,49,51,53)(H2,46,48,50,52,54). The topological polar surface area (TPSA) is 236 Å². The molecule has 0 aromatic carbocycles. The van der Waals surface area contributed by atoms with E-state index < -0.39 is 44.3 Å². The molecule has 0 saturated carbocycles. The van der Waals surface area contributed by atoms with E-state index in [4.69, 9.17) is 29.4 Å². The Labute approximate surface area is 380 Å². The zero-order valence-corrected chi connectivity index (χ0v) is 41.3. The van der Waals surface area contributed by atoms with Gasteiger partial charge in [-0.1, -0.05) is 0 Å². The van der Waals surface area contributed by atoms with Crippen molar-refractivity contribution in [1.29, 1.82) is 0 Å². The Hall–Kier alpha value is -3.50. The highest BCUT2D eigenvalue weighted by Gasteiger charge is 2.50. The van der Waals surface area contributed by atoms with Crippen molar-refractivity contribution in [2.75, 3.05) is 34.4 Å². The van der Waals surface area contributed by atoms with Gasteiger partial charge in [0.15, 0.2) is 0 Å². The number of nitrogens with one attached hydrogen (secondary N) is 4. The fraction of sp³-hybridized carbons (Fsp3) is 0.864. The first-order valence-corrected chi connectivity index (χ1v) is 23.0. The van der Waals surface area contributed by atoms with E-state index in [1.165, 1.54) is 10.1 Å². The van der Waals surface area contributed by atoms with Crippen LogP contribution in [0.1, 0.15) is 162 Å². The Balaban J connectivity index is 1.21. The highest BCUT2D eigenvalue weighted by molar-refractivity contribution is 5.39. The van der Waals surface area contributed by atoms with Gasteiger partial charge in [-0.2, -0.15) is 29.9 Å². The molecule has 0 amide bonds. The summed E-state index contributed by atoms with van der Waals surface area (Å²) in [7, 11) is 0. The molecule has 2 aromatic rings. The van der Waals surface area contributed by atoms with Crippen molar-refractivity contribution in [3.05, 3.63) is 0 Å². The smallest absolute Gasteiger partial charge is 0.323 e.